The normalized spacial score (nSPS) is 18.7. The van der Waals surface area contributed by atoms with Crippen molar-refractivity contribution in [3.05, 3.63) is 59.7 Å². The van der Waals surface area contributed by atoms with Crippen LogP contribution in [0.15, 0.2) is 48.5 Å². The van der Waals surface area contributed by atoms with Gasteiger partial charge in [-0.15, -0.1) is 0 Å². The third-order valence-electron chi connectivity index (χ3n) is 7.78. The summed E-state index contributed by atoms with van der Waals surface area (Å²) in [5.74, 6) is 1.78. The Kier molecular flexibility index (Phi) is 11.4. The zero-order valence-electron chi connectivity index (χ0n) is 21.1. The van der Waals surface area contributed by atoms with Crippen LogP contribution in [0.3, 0.4) is 0 Å². The van der Waals surface area contributed by atoms with Gasteiger partial charge < -0.3 is 0 Å². The molecule has 0 amide bonds. The summed E-state index contributed by atoms with van der Waals surface area (Å²) in [4.78, 5) is 0. The Balaban J connectivity index is 1.37. The predicted molar refractivity (Wildman–Crippen MR) is 142 cm³/mol. The molecule has 0 atom stereocenters. The van der Waals surface area contributed by atoms with Crippen molar-refractivity contribution in [2.75, 3.05) is 0 Å². The summed E-state index contributed by atoms with van der Waals surface area (Å²) in [6, 6.07) is 18.9. The number of hydrogen-bond donors (Lipinski definition) is 0. The van der Waals surface area contributed by atoms with Crippen LogP contribution in [-0.4, -0.2) is 0 Å². The third kappa shape index (κ3) is 8.42. The van der Waals surface area contributed by atoms with Crippen molar-refractivity contribution in [2.45, 2.75) is 122 Å². The van der Waals surface area contributed by atoms with Crippen LogP contribution in [0, 0.1) is 5.92 Å². The highest BCUT2D eigenvalue weighted by molar-refractivity contribution is 5.64. The molecule has 3 rings (SSSR count). The van der Waals surface area contributed by atoms with E-state index < -0.39 is 0 Å². The molecule has 0 saturated heterocycles. The maximum Gasteiger partial charge on any atom is -0.0162 e. The first-order chi connectivity index (χ1) is 15.8. The molecule has 0 heterocycles. The Morgan fingerprint density at radius 3 is 1.66 bits per heavy atom. The Hall–Kier alpha value is -1.56. The molecule has 0 N–H and O–H groups in total. The zero-order chi connectivity index (χ0) is 22.4. The van der Waals surface area contributed by atoms with Crippen LogP contribution in [-0.2, 0) is 6.42 Å². The Morgan fingerprint density at radius 1 is 0.562 bits per heavy atom. The fraction of sp³-hybridized carbons (Fsp3) is 0.625. The van der Waals surface area contributed by atoms with Gasteiger partial charge in [-0.1, -0.05) is 127 Å². The van der Waals surface area contributed by atoms with Gasteiger partial charge in [-0.25, -0.2) is 0 Å². The average Bonchev–Trinajstić information content (AvgIpc) is 2.84. The summed E-state index contributed by atoms with van der Waals surface area (Å²) in [6.07, 6.45) is 22.3. The van der Waals surface area contributed by atoms with Gasteiger partial charge >= 0.3 is 0 Å². The lowest BCUT2D eigenvalue weighted by molar-refractivity contribution is 0.308. The van der Waals surface area contributed by atoms with E-state index in [1.807, 2.05) is 0 Å². The molecule has 0 aromatic heterocycles. The lowest BCUT2D eigenvalue weighted by atomic mass is 9.77. The number of unbranched alkanes of at least 4 members (excludes halogenated alkanes) is 8. The van der Waals surface area contributed by atoms with E-state index in [9.17, 15) is 0 Å². The van der Waals surface area contributed by atoms with Gasteiger partial charge in [0.15, 0.2) is 0 Å². The molecule has 0 nitrogen and oxygen atoms in total. The van der Waals surface area contributed by atoms with Crippen LogP contribution in [0.1, 0.15) is 127 Å². The predicted octanol–water partition coefficient (Wildman–Crippen LogP) is 10.5. The van der Waals surface area contributed by atoms with Gasteiger partial charge in [0, 0.05) is 0 Å². The van der Waals surface area contributed by atoms with E-state index in [4.69, 9.17) is 0 Å². The summed E-state index contributed by atoms with van der Waals surface area (Å²) in [5.41, 5.74) is 5.78. The minimum Gasteiger partial charge on any atom is -0.0654 e. The number of hydrogen-bond acceptors (Lipinski definition) is 0. The largest absolute Gasteiger partial charge is 0.0654 e. The molecule has 0 radical (unpaired) electrons. The van der Waals surface area contributed by atoms with Gasteiger partial charge in [0.1, 0.15) is 0 Å². The highest BCUT2D eigenvalue weighted by Crippen LogP contribution is 2.38. The fourth-order valence-corrected chi connectivity index (χ4v) is 5.64. The monoisotopic (exact) mass is 432 g/mol. The Bertz CT molecular complexity index is 716. The summed E-state index contributed by atoms with van der Waals surface area (Å²) in [6.45, 7) is 4.62. The van der Waals surface area contributed by atoms with Crippen molar-refractivity contribution >= 4 is 0 Å². The van der Waals surface area contributed by atoms with Gasteiger partial charge in [0.25, 0.3) is 0 Å². The van der Waals surface area contributed by atoms with Crippen molar-refractivity contribution < 1.29 is 0 Å². The molecule has 2 aromatic rings. The van der Waals surface area contributed by atoms with Gasteiger partial charge in [-0.2, -0.15) is 0 Å². The first-order valence-corrected chi connectivity index (χ1v) is 14.0. The highest BCUT2D eigenvalue weighted by atomic mass is 14.3. The second-order valence-corrected chi connectivity index (χ2v) is 10.4. The first kappa shape index (κ1) is 25.1. The molecule has 2 aromatic carbocycles. The topological polar surface area (TPSA) is 0 Å². The SMILES string of the molecule is CCCCCCCCCCCc1ccc(-c2ccc(C3CCC(CCC)CC3)cc2)cc1. The smallest absolute Gasteiger partial charge is 0.0162 e. The van der Waals surface area contributed by atoms with E-state index in [1.165, 1.54) is 119 Å². The van der Waals surface area contributed by atoms with Gasteiger partial charge in [-0.3, -0.25) is 0 Å². The van der Waals surface area contributed by atoms with Gasteiger partial charge in [-0.05, 0) is 72.6 Å². The van der Waals surface area contributed by atoms with Crippen LogP contribution in [0.25, 0.3) is 11.1 Å². The van der Waals surface area contributed by atoms with E-state index in [1.54, 1.807) is 5.56 Å². The van der Waals surface area contributed by atoms with E-state index in [2.05, 4.69) is 62.4 Å². The number of rotatable bonds is 14. The van der Waals surface area contributed by atoms with E-state index in [-0.39, 0.29) is 0 Å². The highest BCUT2D eigenvalue weighted by Gasteiger charge is 2.21. The van der Waals surface area contributed by atoms with Crippen molar-refractivity contribution in [2.24, 2.45) is 5.92 Å². The summed E-state index contributed by atoms with van der Waals surface area (Å²) < 4.78 is 0. The Morgan fingerprint density at radius 2 is 1.09 bits per heavy atom. The second kappa shape index (κ2) is 14.6. The molecule has 1 aliphatic carbocycles. The fourth-order valence-electron chi connectivity index (χ4n) is 5.64. The Labute approximate surface area is 199 Å². The van der Waals surface area contributed by atoms with Crippen LogP contribution in [0.4, 0.5) is 0 Å². The van der Waals surface area contributed by atoms with Crippen LogP contribution >= 0.6 is 0 Å². The van der Waals surface area contributed by atoms with Crippen LogP contribution < -0.4 is 0 Å². The molecule has 1 aliphatic rings. The second-order valence-electron chi connectivity index (χ2n) is 10.4. The van der Waals surface area contributed by atoms with Gasteiger partial charge in [0.05, 0.1) is 0 Å². The van der Waals surface area contributed by atoms with Gasteiger partial charge in [0.2, 0.25) is 0 Å². The molecular weight excluding hydrogens is 384 g/mol. The van der Waals surface area contributed by atoms with Crippen molar-refractivity contribution in [1.82, 2.24) is 0 Å². The lowest BCUT2D eigenvalue weighted by Crippen LogP contribution is -2.13. The molecule has 176 valence electrons. The van der Waals surface area contributed by atoms with Crippen LogP contribution in [0.2, 0.25) is 0 Å². The van der Waals surface area contributed by atoms with Crippen molar-refractivity contribution in [1.29, 1.82) is 0 Å². The van der Waals surface area contributed by atoms with Crippen molar-refractivity contribution in [3.63, 3.8) is 0 Å². The molecule has 0 bridgehead atoms. The molecule has 1 fully saturated rings. The van der Waals surface area contributed by atoms with E-state index in [0.717, 1.165) is 11.8 Å². The zero-order valence-corrected chi connectivity index (χ0v) is 21.1. The standard InChI is InChI=1S/C32H48/c1-3-5-6-7-8-9-10-11-12-14-28-17-21-30(22-18-28)32-25-23-31(24-26-32)29-19-15-27(13-4-2)16-20-29/h17-18,21-27,29H,3-16,19-20H2,1-2H3. The van der Waals surface area contributed by atoms with Crippen LogP contribution in [0.5, 0.6) is 0 Å². The minimum absolute atomic E-state index is 0.788. The molecule has 32 heavy (non-hydrogen) atoms. The summed E-state index contributed by atoms with van der Waals surface area (Å²) in [5, 5.41) is 0. The first-order valence-electron chi connectivity index (χ1n) is 14.0. The quantitative estimate of drug-likeness (QED) is 0.260. The maximum atomic E-state index is 2.40. The number of aryl methyl sites for hydroxylation is 1. The minimum atomic E-state index is 0.788. The lowest BCUT2D eigenvalue weighted by Gasteiger charge is -2.28. The molecule has 0 spiro atoms. The summed E-state index contributed by atoms with van der Waals surface area (Å²) >= 11 is 0. The van der Waals surface area contributed by atoms with E-state index >= 15 is 0 Å². The summed E-state index contributed by atoms with van der Waals surface area (Å²) in [7, 11) is 0. The molecule has 0 unspecified atom stereocenters. The van der Waals surface area contributed by atoms with Crippen molar-refractivity contribution in [3.8, 4) is 11.1 Å². The van der Waals surface area contributed by atoms with E-state index in [0.29, 0.717) is 0 Å². The molecule has 1 saturated carbocycles. The molecule has 0 heteroatoms. The third-order valence-corrected chi connectivity index (χ3v) is 7.78. The molecular formula is C32H48. The average molecular weight is 433 g/mol. The number of benzene rings is 2. The maximum absolute atomic E-state index is 2.40. The molecule has 0 aliphatic heterocycles.